The van der Waals surface area contributed by atoms with Gasteiger partial charge in [0.15, 0.2) is 0 Å². The van der Waals surface area contributed by atoms with Gasteiger partial charge in [-0.3, -0.25) is 4.55 Å². The number of nitrogens with two attached hydrogens (primary N) is 1. The number of hydrogen-bond acceptors (Lipinski definition) is 6. The van der Waals surface area contributed by atoms with E-state index in [1.54, 1.807) is 18.2 Å². The Morgan fingerprint density at radius 2 is 2.00 bits per heavy atom. The molecule has 6 nitrogen and oxygen atoms in total. The van der Waals surface area contributed by atoms with Crippen LogP contribution in [0.25, 0.3) is 0 Å². The second-order valence-corrected chi connectivity index (χ2v) is 8.35. The van der Waals surface area contributed by atoms with Crippen LogP contribution in [0.3, 0.4) is 0 Å². The van der Waals surface area contributed by atoms with Crippen molar-refractivity contribution >= 4 is 33.3 Å². The Morgan fingerprint density at radius 1 is 1.26 bits per heavy atom. The van der Waals surface area contributed by atoms with Crippen LogP contribution in [0, 0.1) is 6.92 Å². The first-order valence-electron chi connectivity index (χ1n) is 6.76. The van der Waals surface area contributed by atoms with Gasteiger partial charge in [0, 0.05) is 10.5 Å². The van der Waals surface area contributed by atoms with Crippen LogP contribution in [0.5, 0.6) is 5.75 Å². The van der Waals surface area contributed by atoms with Gasteiger partial charge in [0.2, 0.25) is 4.20 Å². The number of hydrogen-bond donors (Lipinski definition) is 3. The predicted octanol–water partition coefficient (Wildman–Crippen LogP) is 2.80. The molecule has 1 aliphatic heterocycles. The van der Waals surface area contributed by atoms with E-state index in [0.29, 0.717) is 22.7 Å². The molecule has 0 aliphatic carbocycles. The molecular formula is C15H16N2O4S2. The smallest absolute Gasteiger partial charge is 0.304 e. The standard InChI is InChI=1S/C15H16N2O4S2/c1-9-3-6-12-14(7-9)22-15(17-12,23(18,19)20)10-4-5-11(16)13(8-10)21-2/h3-8,17H,16H2,1-2H3,(H,18,19,20). The van der Waals surface area contributed by atoms with Crippen molar-refractivity contribution in [2.45, 2.75) is 16.0 Å². The average Bonchev–Trinajstić information content (AvgIpc) is 2.87. The summed E-state index contributed by atoms with van der Waals surface area (Å²) in [7, 11) is -3.03. The van der Waals surface area contributed by atoms with E-state index in [1.807, 2.05) is 19.1 Å². The van der Waals surface area contributed by atoms with Gasteiger partial charge < -0.3 is 15.8 Å². The number of methoxy groups -OCH3 is 1. The first kappa shape index (κ1) is 16.0. The molecule has 0 aromatic heterocycles. The second-order valence-electron chi connectivity index (χ2n) is 5.28. The summed E-state index contributed by atoms with van der Waals surface area (Å²) >= 11 is 1.04. The van der Waals surface area contributed by atoms with Gasteiger partial charge in [-0.05, 0) is 36.8 Å². The van der Waals surface area contributed by atoms with E-state index in [9.17, 15) is 13.0 Å². The van der Waals surface area contributed by atoms with Crippen LogP contribution in [0.4, 0.5) is 11.4 Å². The average molecular weight is 352 g/mol. The fourth-order valence-electron chi connectivity index (χ4n) is 2.49. The first-order valence-corrected chi connectivity index (χ1v) is 9.01. The number of anilines is 2. The van der Waals surface area contributed by atoms with Crippen molar-refractivity contribution in [2.75, 3.05) is 18.2 Å². The molecule has 1 heterocycles. The quantitative estimate of drug-likeness (QED) is 0.576. The Bertz CT molecular complexity index is 883. The van der Waals surface area contributed by atoms with Crippen LogP contribution >= 0.6 is 11.8 Å². The van der Waals surface area contributed by atoms with Crippen molar-refractivity contribution in [3.05, 3.63) is 47.5 Å². The predicted molar refractivity (Wildman–Crippen MR) is 91.3 cm³/mol. The molecule has 2 aromatic carbocycles. The van der Waals surface area contributed by atoms with Crippen molar-refractivity contribution in [2.24, 2.45) is 0 Å². The molecule has 0 radical (unpaired) electrons. The molecule has 0 amide bonds. The van der Waals surface area contributed by atoms with E-state index in [1.165, 1.54) is 13.2 Å². The topological polar surface area (TPSA) is 102 Å². The molecule has 0 bridgehead atoms. The van der Waals surface area contributed by atoms with Gasteiger partial charge in [-0.2, -0.15) is 8.42 Å². The number of aryl methyl sites for hydroxylation is 1. The maximum atomic E-state index is 12.2. The van der Waals surface area contributed by atoms with Gasteiger partial charge in [0.25, 0.3) is 0 Å². The molecule has 8 heteroatoms. The van der Waals surface area contributed by atoms with Crippen molar-refractivity contribution in [1.82, 2.24) is 0 Å². The van der Waals surface area contributed by atoms with Crippen molar-refractivity contribution < 1.29 is 17.7 Å². The zero-order valence-corrected chi connectivity index (χ0v) is 14.2. The first-order chi connectivity index (χ1) is 10.8. The number of thioether (sulfide) groups is 1. The molecule has 0 spiro atoms. The molecule has 122 valence electrons. The molecule has 1 unspecified atom stereocenters. The molecule has 0 saturated carbocycles. The second kappa shape index (κ2) is 5.33. The highest BCUT2D eigenvalue weighted by Crippen LogP contribution is 2.54. The zero-order valence-electron chi connectivity index (χ0n) is 12.5. The Balaban J connectivity index is 2.19. The Hall–Kier alpha value is -1.90. The molecule has 23 heavy (non-hydrogen) atoms. The van der Waals surface area contributed by atoms with E-state index < -0.39 is 14.3 Å². The summed E-state index contributed by atoms with van der Waals surface area (Å²) in [5.74, 6) is 0.347. The lowest BCUT2D eigenvalue weighted by molar-refractivity contribution is 0.416. The number of rotatable bonds is 3. The van der Waals surface area contributed by atoms with Crippen molar-refractivity contribution in [1.29, 1.82) is 0 Å². The molecule has 4 N–H and O–H groups in total. The number of benzene rings is 2. The molecule has 1 atom stereocenters. The number of fused-ring (bicyclic) bond motifs is 1. The number of nitrogen functional groups attached to an aromatic ring is 1. The van der Waals surface area contributed by atoms with E-state index in [2.05, 4.69) is 5.32 Å². The van der Waals surface area contributed by atoms with Crippen LogP contribution in [0.2, 0.25) is 0 Å². The lowest BCUT2D eigenvalue weighted by atomic mass is 10.1. The van der Waals surface area contributed by atoms with Crippen molar-refractivity contribution in [3.8, 4) is 5.75 Å². The Kier molecular flexibility index (Phi) is 3.70. The Labute approximate surface area is 138 Å². The minimum atomic E-state index is -4.48. The van der Waals surface area contributed by atoms with Crippen LogP contribution in [-0.2, 0) is 14.3 Å². The summed E-state index contributed by atoms with van der Waals surface area (Å²) in [6.45, 7) is 1.92. The minimum absolute atomic E-state index is 0.338. The van der Waals surface area contributed by atoms with Crippen molar-refractivity contribution in [3.63, 3.8) is 0 Å². The third-order valence-electron chi connectivity index (χ3n) is 3.67. The van der Waals surface area contributed by atoms with E-state index in [-0.39, 0.29) is 0 Å². The fraction of sp³-hybridized carbons (Fsp3) is 0.200. The van der Waals surface area contributed by atoms with Crippen LogP contribution < -0.4 is 15.8 Å². The zero-order chi connectivity index (χ0) is 16.8. The van der Waals surface area contributed by atoms with Gasteiger partial charge in [0.05, 0.1) is 18.5 Å². The monoisotopic (exact) mass is 352 g/mol. The summed E-state index contributed by atoms with van der Waals surface area (Å²) in [6.07, 6.45) is 0. The molecule has 1 aliphatic rings. The van der Waals surface area contributed by atoms with Gasteiger partial charge in [-0.1, -0.05) is 23.9 Å². The lowest BCUT2D eigenvalue weighted by Crippen LogP contribution is -2.37. The van der Waals surface area contributed by atoms with Gasteiger partial charge >= 0.3 is 10.1 Å². The van der Waals surface area contributed by atoms with E-state index >= 15 is 0 Å². The normalized spacial score (nSPS) is 20.0. The van der Waals surface area contributed by atoms with Gasteiger partial charge in [-0.25, -0.2) is 0 Å². The van der Waals surface area contributed by atoms with Crippen LogP contribution in [0.15, 0.2) is 41.3 Å². The summed E-state index contributed by atoms with van der Waals surface area (Å²) in [4.78, 5) is 0.749. The van der Waals surface area contributed by atoms with Gasteiger partial charge in [-0.15, -0.1) is 0 Å². The lowest BCUT2D eigenvalue weighted by Gasteiger charge is -2.26. The largest absolute Gasteiger partial charge is 0.495 e. The molecule has 3 rings (SSSR count). The maximum Gasteiger partial charge on any atom is 0.304 e. The third kappa shape index (κ3) is 2.52. The highest BCUT2D eigenvalue weighted by Gasteiger charge is 2.51. The number of nitrogens with one attached hydrogen (secondary N) is 1. The number of ether oxygens (including phenoxy) is 1. The van der Waals surface area contributed by atoms with Gasteiger partial charge in [0.1, 0.15) is 5.75 Å². The SMILES string of the molecule is COc1cc(C2(S(=O)(=O)O)Nc3ccc(C)cc3S2)ccc1N. The van der Waals surface area contributed by atoms with Crippen LogP contribution in [0.1, 0.15) is 11.1 Å². The summed E-state index contributed by atoms with van der Waals surface area (Å²) < 4.78 is 37.7. The minimum Gasteiger partial charge on any atom is -0.495 e. The van der Waals surface area contributed by atoms with E-state index in [0.717, 1.165) is 22.2 Å². The van der Waals surface area contributed by atoms with E-state index in [4.69, 9.17) is 10.5 Å². The maximum absolute atomic E-state index is 12.2. The fourth-order valence-corrected chi connectivity index (χ4v) is 5.03. The Morgan fingerprint density at radius 3 is 2.65 bits per heavy atom. The highest BCUT2D eigenvalue weighted by molar-refractivity contribution is 8.12. The highest BCUT2D eigenvalue weighted by atomic mass is 32.3. The third-order valence-corrected chi connectivity index (χ3v) is 6.80. The molecule has 0 saturated heterocycles. The summed E-state index contributed by atoms with van der Waals surface area (Å²) in [6, 6.07) is 10.2. The summed E-state index contributed by atoms with van der Waals surface area (Å²) in [5, 5.41) is 2.93. The summed E-state index contributed by atoms with van der Waals surface area (Å²) in [5.41, 5.74) is 8.16. The molecule has 0 fully saturated rings. The molecular weight excluding hydrogens is 336 g/mol. The van der Waals surface area contributed by atoms with Crippen LogP contribution in [-0.4, -0.2) is 20.1 Å². The molecule has 2 aromatic rings.